The highest BCUT2D eigenvalue weighted by atomic mass is 16.1. The second-order valence-corrected chi connectivity index (χ2v) is 2.81. The summed E-state index contributed by atoms with van der Waals surface area (Å²) in [5, 5.41) is 0. The number of allylic oxidation sites excluding steroid dienone is 2. The molecule has 1 rings (SSSR count). The van der Waals surface area contributed by atoms with Crippen LogP contribution in [0.3, 0.4) is 0 Å². The van der Waals surface area contributed by atoms with Crippen LogP contribution in [0.4, 0.5) is 0 Å². The first-order valence-corrected chi connectivity index (χ1v) is 5.77. The molecule has 15 heavy (non-hydrogen) atoms. The fraction of sp³-hybridized carbons (Fsp3) is 0.615. The van der Waals surface area contributed by atoms with Crippen LogP contribution < -0.4 is 0 Å². The Hall–Kier alpha value is -1.05. The van der Waals surface area contributed by atoms with Gasteiger partial charge in [-0.2, -0.15) is 0 Å². The molecular formula is C13H25NO. The van der Waals surface area contributed by atoms with Crippen molar-refractivity contribution in [2.75, 3.05) is 13.6 Å². The maximum Gasteiger partial charge on any atom is 0.155 e. The molecule has 0 radical (unpaired) electrons. The lowest BCUT2D eigenvalue weighted by atomic mass is 10.1. The van der Waals surface area contributed by atoms with Crippen molar-refractivity contribution >= 4 is 5.78 Å². The maximum absolute atomic E-state index is 10.9. The molecule has 1 heterocycles. The van der Waals surface area contributed by atoms with E-state index in [-0.39, 0.29) is 5.78 Å². The minimum atomic E-state index is 0.185. The van der Waals surface area contributed by atoms with Gasteiger partial charge in [0.15, 0.2) is 5.78 Å². The van der Waals surface area contributed by atoms with E-state index in [0.717, 1.165) is 18.5 Å². The van der Waals surface area contributed by atoms with Crippen LogP contribution >= 0.6 is 0 Å². The van der Waals surface area contributed by atoms with Crippen molar-refractivity contribution in [2.45, 2.75) is 41.0 Å². The standard InChI is InChI=1S/C9H13NO.2C2H6/c1-8(11)9-4-3-6-10(2)7-5-9;2*1-2/h3,5-6H,4,7H2,1-2H3;2*1-2H3. The van der Waals surface area contributed by atoms with Gasteiger partial charge in [0.2, 0.25) is 0 Å². The highest BCUT2D eigenvalue weighted by molar-refractivity contribution is 5.93. The van der Waals surface area contributed by atoms with E-state index >= 15 is 0 Å². The summed E-state index contributed by atoms with van der Waals surface area (Å²) in [6, 6.07) is 0. The van der Waals surface area contributed by atoms with E-state index in [1.165, 1.54) is 0 Å². The third kappa shape index (κ3) is 7.98. The van der Waals surface area contributed by atoms with E-state index in [2.05, 4.69) is 4.90 Å². The molecule has 0 atom stereocenters. The first kappa shape index (κ1) is 16.4. The fourth-order valence-corrected chi connectivity index (χ4v) is 1.05. The largest absolute Gasteiger partial charge is 0.377 e. The van der Waals surface area contributed by atoms with Gasteiger partial charge in [0.25, 0.3) is 0 Å². The fourth-order valence-electron chi connectivity index (χ4n) is 1.05. The van der Waals surface area contributed by atoms with Gasteiger partial charge in [-0.1, -0.05) is 39.8 Å². The van der Waals surface area contributed by atoms with Gasteiger partial charge in [0.05, 0.1) is 0 Å². The molecule has 0 aliphatic carbocycles. The molecule has 0 spiro atoms. The van der Waals surface area contributed by atoms with Gasteiger partial charge in [-0.3, -0.25) is 4.79 Å². The Morgan fingerprint density at radius 3 is 2.27 bits per heavy atom. The molecule has 0 amide bonds. The van der Waals surface area contributed by atoms with Crippen molar-refractivity contribution in [2.24, 2.45) is 0 Å². The second kappa shape index (κ2) is 11.0. The molecule has 1 aliphatic rings. The molecule has 0 N–H and O–H groups in total. The average Bonchev–Trinajstić information content (AvgIpc) is 2.49. The lowest BCUT2D eigenvalue weighted by molar-refractivity contribution is -0.113. The van der Waals surface area contributed by atoms with E-state index in [1.807, 2.05) is 53.1 Å². The summed E-state index contributed by atoms with van der Waals surface area (Å²) in [7, 11) is 2.00. The number of rotatable bonds is 1. The minimum absolute atomic E-state index is 0.185. The van der Waals surface area contributed by atoms with Crippen molar-refractivity contribution in [3.05, 3.63) is 23.9 Å². The summed E-state index contributed by atoms with van der Waals surface area (Å²) >= 11 is 0. The zero-order valence-corrected chi connectivity index (χ0v) is 11.0. The average molecular weight is 211 g/mol. The third-order valence-electron chi connectivity index (χ3n) is 1.78. The molecule has 0 saturated heterocycles. The van der Waals surface area contributed by atoms with E-state index in [1.54, 1.807) is 6.92 Å². The van der Waals surface area contributed by atoms with Crippen molar-refractivity contribution in [1.82, 2.24) is 4.90 Å². The Morgan fingerprint density at radius 2 is 1.80 bits per heavy atom. The molecule has 0 unspecified atom stereocenters. The predicted octanol–water partition coefficient (Wildman–Crippen LogP) is 3.40. The number of hydrogen-bond donors (Lipinski definition) is 0. The lowest BCUT2D eigenvalue weighted by Gasteiger charge is -2.07. The third-order valence-corrected chi connectivity index (χ3v) is 1.78. The van der Waals surface area contributed by atoms with Crippen LogP contribution in [0.15, 0.2) is 23.9 Å². The number of carbonyl (C=O) groups excluding carboxylic acids is 1. The summed E-state index contributed by atoms with van der Waals surface area (Å²) in [5.74, 6) is 0.185. The Morgan fingerprint density at radius 1 is 1.27 bits per heavy atom. The summed E-state index contributed by atoms with van der Waals surface area (Å²) < 4.78 is 0. The lowest BCUT2D eigenvalue weighted by Crippen LogP contribution is -2.09. The van der Waals surface area contributed by atoms with Crippen LogP contribution in [0.25, 0.3) is 0 Å². The highest BCUT2D eigenvalue weighted by Gasteiger charge is 2.03. The van der Waals surface area contributed by atoms with Gasteiger partial charge < -0.3 is 4.90 Å². The van der Waals surface area contributed by atoms with Gasteiger partial charge in [0.1, 0.15) is 0 Å². The molecule has 0 aromatic rings. The van der Waals surface area contributed by atoms with Crippen LogP contribution in [-0.4, -0.2) is 24.3 Å². The van der Waals surface area contributed by atoms with Crippen LogP contribution in [0, 0.1) is 0 Å². The molecule has 0 aromatic heterocycles. The van der Waals surface area contributed by atoms with Crippen LogP contribution in [0.5, 0.6) is 0 Å². The Kier molecular flexibility index (Phi) is 12.0. The molecule has 0 fully saturated rings. The molecule has 0 aromatic carbocycles. The zero-order valence-electron chi connectivity index (χ0n) is 11.0. The monoisotopic (exact) mass is 211 g/mol. The first-order chi connectivity index (χ1) is 7.20. The maximum atomic E-state index is 10.9. The van der Waals surface area contributed by atoms with Crippen LogP contribution in [0.2, 0.25) is 0 Å². The van der Waals surface area contributed by atoms with Crippen molar-refractivity contribution in [1.29, 1.82) is 0 Å². The van der Waals surface area contributed by atoms with E-state index in [9.17, 15) is 4.79 Å². The summed E-state index contributed by atoms with van der Waals surface area (Å²) in [5.41, 5.74) is 0.922. The molecule has 0 bridgehead atoms. The van der Waals surface area contributed by atoms with E-state index in [4.69, 9.17) is 0 Å². The molecular weight excluding hydrogens is 186 g/mol. The summed E-state index contributed by atoms with van der Waals surface area (Å²) in [6.07, 6.45) is 6.79. The highest BCUT2D eigenvalue weighted by Crippen LogP contribution is 2.08. The van der Waals surface area contributed by atoms with Crippen molar-refractivity contribution < 1.29 is 4.79 Å². The van der Waals surface area contributed by atoms with Crippen molar-refractivity contribution in [3.63, 3.8) is 0 Å². The van der Waals surface area contributed by atoms with E-state index in [0.29, 0.717) is 0 Å². The summed E-state index contributed by atoms with van der Waals surface area (Å²) in [4.78, 5) is 13.0. The van der Waals surface area contributed by atoms with Gasteiger partial charge >= 0.3 is 0 Å². The number of hydrogen-bond acceptors (Lipinski definition) is 2. The number of Topliss-reactive ketones (excluding diaryl/α,β-unsaturated/α-hetero) is 1. The Labute approximate surface area is 94.7 Å². The second-order valence-electron chi connectivity index (χ2n) is 2.81. The van der Waals surface area contributed by atoms with Crippen molar-refractivity contribution in [3.8, 4) is 0 Å². The normalized spacial score (nSPS) is 13.7. The van der Waals surface area contributed by atoms with Gasteiger partial charge in [-0.15, -0.1) is 0 Å². The van der Waals surface area contributed by atoms with Crippen LogP contribution in [0.1, 0.15) is 41.0 Å². The predicted molar refractivity (Wildman–Crippen MR) is 67.8 cm³/mol. The quantitative estimate of drug-likeness (QED) is 0.662. The zero-order chi connectivity index (χ0) is 12.3. The molecule has 2 nitrogen and oxygen atoms in total. The summed E-state index contributed by atoms with van der Waals surface area (Å²) in [6.45, 7) is 10.5. The Bertz CT molecular complexity index is 217. The molecule has 88 valence electrons. The number of nitrogens with zero attached hydrogens (tertiary/aromatic N) is 1. The molecule has 2 heteroatoms. The Balaban J connectivity index is 0. The smallest absolute Gasteiger partial charge is 0.155 e. The van der Waals surface area contributed by atoms with Gasteiger partial charge in [-0.25, -0.2) is 0 Å². The van der Waals surface area contributed by atoms with Crippen LogP contribution in [-0.2, 0) is 4.79 Å². The SMILES string of the molecule is CC.CC.CC(=O)C1=CCN(C)C=CC1. The number of carbonyl (C=O) groups is 1. The van der Waals surface area contributed by atoms with Gasteiger partial charge in [-0.05, 0) is 25.1 Å². The minimum Gasteiger partial charge on any atom is -0.377 e. The van der Waals surface area contributed by atoms with Gasteiger partial charge in [0, 0.05) is 13.6 Å². The molecule has 0 saturated carbocycles. The number of likely N-dealkylation sites (N-methyl/N-ethyl adjacent to an activating group) is 1. The first-order valence-electron chi connectivity index (χ1n) is 5.77. The molecule has 1 aliphatic heterocycles. The topological polar surface area (TPSA) is 20.3 Å². The number of ketones is 1. The van der Waals surface area contributed by atoms with E-state index < -0.39 is 0 Å².